The van der Waals surface area contributed by atoms with Crippen molar-refractivity contribution < 1.29 is 4.42 Å². The van der Waals surface area contributed by atoms with Gasteiger partial charge in [-0.2, -0.15) is 0 Å². The lowest BCUT2D eigenvalue weighted by atomic mass is 9.82. The quantitative estimate of drug-likeness (QED) is 0.212. The number of furan rings is 1. The summed E-state index contributed by atoms with van der Waals surface area (Å²) < 4.78 is 6.56. The smallest absolute Gasteiger partial charge is 0.182 e. The molecular weight excluding hydrogens is 542 g/mol. The third kappa shape index (κ3) is 3.81. The van der Waals surface area contributed by atoms with E-state index in [9.17, 15) is 0 Å². The molecule has 0 saturated carbocycles. The molecule has 0 bridgehead atoms. The highest BCUT2D eigenvalue weighted by atomic mass is 16.3. The van der Waals surface area contributed by atoms with Gasteiger partial charge in [0.15, 0.2) is 17.5 Å². The first-order chi connectivity index (χ1) is 21.8. The van der Waals surface area contributed by atoms with Gasteiger partial charge in [0, 0.05) is 45.6 Å². The Bertz CT molecular complexity index is 2130. The molecule has 0 amide bonds. The number of para-hydroxylation sites is 2. The van der Waals surface area contributed by atoms with Crippen molar-refractivity contribution in [2.75, 3.05) is 4.90 Å². The molecule has 0 fully saturated rings. The molecular formula is C38H25N5O. The number of rotatable bonds is 4. The largest absolute Gasteiger partial charge is 0.456 e. The maximum Gasteiger partial charge on any atom is 0.182 e. The van der Waals surface area contributed by atoms with Crippen molar-refractivity contribution in [3.05, 3.63) is 150 Å². The van der Waals surface area contributed by atoms with Crippen LogP contribution in [-0.2, 0) is 0 Å². The molecule has 208 valence electrons. The van der Waals surface area contributed by atoms with Crippen LogP contribution in [0.3, 0.4) is 0 Å². The average molecular weight is 568 g/mol. The number of benzene rings is 4. The van der Waals surface area contributed by atoms with E-state index in [4.69, 9.17) is 19.4 Å². The molecule has 44 heavy (non-hydrogen) atoms. The van der Waals surface area contributed by atoms with Crippen molar-refractivity contribution in [3.63, 3.8) is 0 Å². The van der Waals surface area contributed by atoms with Crippen LogP contribution in [0, 0.1) is 0 Å². The monoisotopic (exact) mass is 567 g/mol. The SMILES string of the molecule is C1=CC2C(c3ccccc3N2c2ccccc2)c2c1oc1cccc(-c3nc(-c4ccccc4)nc(-c4ccccn4)n3)c21. The van der Waals surface area contributed by atoms with E-state index in [1.54, 1.807) is 6.20 Å². The summed E-state index contributed by atoms with van der Waals surface area (Å²) in [6.07, 6.45) is 6.17. The van der Waals surface area contributed by atoms with Gasteiger partial charge in [-0.25, -0.2) is 15.0 Å². The number of aromatic nitrogens is 4. The number of fused-ring (bicyclic) bond motifs is 7. The van der Waals surface area contributed by atoms with Crippen LogP contribution in [0.25, 0.3) is 51.3 Å². The van der Waals surface area contributed by atoms with Gasteiger partial charge in [-0.15, -0.1) is 0 Å². The van der Waals surface area contributed by atoms with Crippen LogP contribution >= 0.6 is 0 Å². The maximum atomic E-state index is 6.56. The summed E-state index contributed by atoms with van der Waals surface area (Å²) in [6.45, 7) is 0. The molecule has 1 aliphatic carbocycles. The van der Waals surface area contributed by atoms with Crippen LogP contribution in [0.1, 0.15) is 22.8 Å². The van der Waals surface area contributed by atoms with Crippen LogP contribution in [0.4, 0.5) is 11.4 Å². The lowest BCUT2D eigenvalue weighted by Crippen LogP contribution is -2.30. The minimum absolute atomic E-state index is 0.0690. The number of nitrogens with zero attached hydrogens (tertiary/aromatic N) is 5. The van der Waals surface area contributed by atoms with Gasteiger partial charge in [0.05, 0.1) is 6.04 Å². The van der Waals surface area contributed by atoms with Gasteiger partial charge < -0.3 is 9.32 Å². The third-order valence-electron chi connectivity index (χ3n) is 8.54. The zero-order chi connectivity index (χ0) is 29.0. The highest BCUT2D eigenvalue weighted by Gasteiger charge is 2.43. The molecule has 6 nitrogen and oxygen atoms in total. The molecule has 6 heteroatoms. The Morgan fingerprint density at radius 2 is 1.39 bits per heavy atom. The Labute approximate surface area is 254 Å². The van der Waals surface area contributed by atoms with Gasteiger partial charge in [0.25, 0.3) is 0 Å². The summed E-state index contributed by atoms with van der Waals surface area (Å²) in [7, 11) is 0. The first-order valence-corrected chi connectivity index (χ1v) is 14.7. The average Bonchev–Trinajstić information content (AvgIpc) is 3.65. The van der Waals surface area contributed by atoms with Gasteiger partial charge in [-0.1, -0.05) is 91.0 Å². The second kappa shape index (κ2) is 9.85. The fourth-order valence-corrected chi connectivity index (χ4v) is 6.70. The van der Waals surface area contributed by atoms with Crippen LogP contribution in [0.2, 0.25) is 0 Å². The fraction of sp³-hybridized carbons (Fsp3) is 0.0526. The molecule has 3 aromatic heterocycles. The fourth-order valence-electron chi connectivity index (χ4n) is 6.70. The molecule has 2 atom stereocenters. The lowest BCUT2D eigenvalue weighted by molar-refractivity contribution is 0.584. The van der Waals surface area contributed by atoms with Crippen LogP contribution in [-0.4, -0.2) is 26.0 Å². The van der Waals surface area contributed by atoms with E-state index < -0.39 is 0 Å². The molecule has 2 aliphatic rings. The van der Waals surface area contributed by atoms with E-state index in [1.165, 1.54) is 16.9 Å². The van der Waals surface area contributed by atoms with Crippen molar-refractivity contribution in [2.24, 2.45) is 0 Å². The van der Waals surface area contributed by atoms with Crippen molar-refractivity contribution in [3.8, 4) is 34.3 Å². The predicted octanol–water partition coefficient (Wildman–Crippen LogP) is 8.69. The zero-order valence-corrected chi connectivity index (χ0v) is 23.6. The Morgan fingerprint density at radius 3 is 2.23 bits per heavy atom. The van der Waals surface area contributed by atoms with E-state index in [0.717, 1.165) is 33.4 Å². The topological polar surface area (TPSA) is 67.9 Å². The van der Waals surface area contributed by atoms with Crippen LogP contribution < -0.4 is 4.90 Å². The van der Waals surface area contributed by atoms with E-state index in [0.29, 0.717) is 23.2 Å². The number of pyridine rings is 1. The van der Waals surface area contributed by atoms with Gasteiger partial charge >= 0.3 is 0 Å². The Kier molecular flexibility index (Phi) is 5.53. The number of hydrogen-bond acceptors (Lipinski definition) is 6. The Balaban J connectivity index is 1.28. The summed E-state index contributed by atoms with van der Waals surface area (Å²) in [4.78, 5) is 21.9. The Morgan fingerprint density at radius 1 is 0.636 bits per heavy atom. The molecule has 9 rings (SSSR count). The molecule has 0 N–H and O–H groups in total. The molecule has 2 unspecified atom stereocenters. The van der Waals surface area contributed by atoms with E-state index >= 15 is 0 Å². The van der Waals surface area contributed by atoms with Crippen LogP contribution in [0.15, 0.2) is 138 Å². The van der Waals surface area contributed by atoms with Crippen molar-refractivity contribution >= 4 is 28.4 Å². The molecule has 7 aromatic rings. The standard InChI is InChI=1S/C38H25N5O/c1-3-12-24(13-4-1)36-40-37(42-38(41-36)28-18-9-10-23-39-28)27-17-11-20-31-34(27)35-32(44-31)22-21-30-33(35)26-16-7-8-19-29(26)43(30)25-14-5-2-6-15-25/h1-23,30,33H. The Hall–Kier alpha value is -5.88. The minimum atomic E-state index is 0.0690. The summed E-state index contributed by atoms with van der Waals surface area (Å²) in [5, 5.41) is 1.03. The predicted molar refractivity (Wildman–Crippen MR) is 173 cm³/mol. The normalized spacial score (nSPS) is 16.5. The van der Waals surface area contributed by atoms with Gasteiger partial charge in [-0.3, -0.25) is 4.98 Å². The van der Waals surface area contributed by atoms with Crippen molar-refractivity contribution in [1.29, 1.82) is 0 Å². The van der Waals surface area contributed by atoms with Crippen molar-refractivity contribution in [1.82, 2.24) is 19.9 Å². The first-order valence-electron chi connectivity index (χ1n) is 14.7. The van der Waals surface area contributed by atoms with E-state index in [-0.39, 0.29) is 12.0 Å². The lowest BCUT2D eigenvalue weighted by Gasteiger charge is -2.30. The first kappa shape index (κ1) is 24.7. The number of hydrogen-bond donors (Lipinski definition) is 0. The highest BCUT2D eigenvalue weighted by molar-refractivity contribution is 5.99. The molecule has 1 aliphatic heterocycles. The van der Waals surface area contributed by atoms with E-state index in [1.807, 2.05) is 60.7 Å². The summed E-state index contributed by atoms with van der Waals surface area (Å²) in [6, 6.07) is 41.3. The van der Waals surface area contributed by atoms with Crippen LogP contribution in [0.5, 0.6) is 0 Å². The maximum absolute atomic E-state index is 6.56. The second-order valence-electron chi connectivity index (χ2n) is 11.0. The zero-order valence-electron chi connectivity index (χ0n) is 23.6. The summed E-state index contributed by atoms with van der Waals surface area (Å²) in [5.74, 6) is 2.67. The molecule has 4 aromatic carbocycles. The van der Waals surface area contributed by atoms with Gasteiger partial charge in [0.1, 0.15) is 17.0 Å². The molecule has 0 radical (unpaired) electrons. The summed E-state index contributed by atoms with van der Waals surface area (Å²) in [5.41, 5.74) is 8.15. The molecule has 4 heterocycles. The minimum Gasteiger partial charge on any atom is -0.456 e. The van der Waals surface area contributed by atoms with Crippen molar-refractivity contribution in [2.45, 2.75) is 12.0 Å². The molecule has 0 saturated heterocycles. The molecule has 0 spiro atoms. The summed E-state index contributed by atoms with van der Waals surface area (Å²) >= 11 is 0. The number of anilines is 2. The third-order valence-corrected chi connectivity index (χ3v) is 8.54. The highest BCUT2D eigenvalue weighted by Crippen LogP contribution is 2.54. The van der Waals surface area contributed by atoms with Gasteiger partial charge in [0.2, 0.25) is 0 Å². The van der Waals surface area contributed by atoms with Gasteiger partial charge in [-0.05, 0) is 48.0 Å². The second-order valence-corrected chi connectivity index (χ2v) is 11.0. The van der Waals surface area contributed by atoms with E-state index in [2.05, 4.69) is 82.7 Å².